The Kier molecular flexibility index (Phi) is 10.0. The van der Waals surface area contributed by atoms with Crippen LogP contribution in [0.2, 0.25) is 0 Å². The lowest BCUT2D eigenvalue weighted by Crippen LogP contribution is -2.45. The third-order valence-corrected chi connectivity index (χ3v) is 4.06. The van der Waals surface area contributed by atoms with E-state index < -0.39 is 34.0 Å². The van der Waals surface area contributed by atoms with Crippen LogP contribution in [0, 0.1) is 0 Å². The van der Waals surface area contributed by atoms with Gasteiger partial charge in [0.1, 0.15) is 6.20 Å². The minimum Gasteiger partial charge on any atom is -0.493 e. The molecule has 1 aromatic heterocycles. The molecular formula is C14H19F6N4O4S+. The van der Waals surface area contributed by atoms with Crippen LogP contribution in [0.1, 0.15) is 17.3 Å². The van der Waals surface area contributed by atoms with E-state index in [-0.39, 0.29) is 12.5 Å². The summed E-state index contributed by atoms with van der Waals surface area (Å²) in [6.45, 7) is 4.22. The van der Waals surface area contributed by atoms with Gasteiger partial charge in [-0.25, -0.2) is 13.1 Å². The number of nitrogens with one attached hydrogen (secondary N) is 2. The van der Waals surface area contributed by atoms with E-state index in [1.807, 2.05) is 0 Å². The van der Waals surface area contributed by atoms with Crippen molar-refractivity contribution in [2.24, 2.45) is 0 Å². The molecular weight excluding hydrogens is 434 g/mol. The maximum absolute atomic E-state index is 12.1. The summed E-state index contributed by atoms with van der Waals surface area (Å²) in [6.07, 6.45) is -1.80. The van der Waals surface area contributed by atoms with Crippen molar-refractivity contribution >= 4 is 15.9 Å². The van der Waals surface area contributed by atoms with Gasteiger partial charge < -0.3 is 10.1 Å². The van der Waals surface area contributed by atoms with Gasteiger partial charge in [-0.1, -0.05) is 11.3 Å². The van der Waals surface area contributed by atoms with E-state index in [0.29, 0.717) is 12.1 Å². The molecule has 15 heteroatoms. The van der Waals surface area contributed by atoms with E-state index in [1.165, 1.54) is 27.9 Å². The Labute approximate surface area is 162 Å². The quantitative estimate of drug-likeness (QED) is 0.368. The van der Waals surface area contributed by atoms with Crippen LogP contribution in [0.4, 0.5) is 26.3 Å². The van der Waals surface area contributed by atoms with Gasteiger partial charge in [0, 0.05) is 12.6 Å². The van der Waals surface area contributed by atoms with Gasteiger partial charge >= 0.3 is 21.7 Å². The van der Waals surface area contributed by atoms with Gasteiger partial charge in [-0.2, -0.15) is 26.3 Å². The van der Waals surface area contributed by atoms with Crippen LogP contribution in [-0.4, -0.2) is 51.3 Å². The number of methoxy groups -OCH3 is 1. The van der Waals surface area contributed by atoms with E-state index in [4.69, 9.17) is 0 Å². The SMILES string of the molecule is C=C(OC)C(F)(F)F.CCNC(=O)c1cc[n+](CCNS(=O)(=O)C(F)(F)F)nc1. The highest BCUT2D eigenvalue weighted by Gasteiger charge is 2.45. The fraction of sp³-hybridized carbons (Fsp3) is 0.500. The zero-order chi connectivity index (χ0) is 22.9. The van der Waals surface area contributed by atoms with Crippen molar-refractivity contribution < 1.29 is 49.0 Å². The first kappa shape index (κ1) is 26.6. The van der Waals surface area contributed by atoms with Gasteiger partial charge in [0.2, 0.25) is 0 Å². The largest absolute Gasteiger partial charge is 0.511 e. The monoisotopic (exact) mass is 453 g/mol. The number of aromatic nitrogens is 2. The molecule has 29 heavy (non-hydrogen) atoms. The summed E-state index contributed by atoms with van der Waals surface area (Å²) in [7, 11) is -4.43. The second-order valence-corrected chi connectivity index (χ2v) is 6.77. The summed E-state index contributed by atoms with van der Waals surface area (Å²) >= 11 is 0. The number of ether oxygens (including phenoxy) is 1. The number of alkyl halides is 6. The van der Waals surface area contributed by atoms with Crippen molar-refractivity contribution in [2.75, 3.05) is 20.2 Å². The van der Waals surface area contributed by atoms with Crippen molar-refractivity contribution in [2.45, 2.75) is 25.2 Å². The lowest BCUT2D eigenvalue weighted by Gasteiger charge is -2.07. The van der Waals surface area contributed by atoms with Gasteiger partial charge in [-0.15, -0.1) is 0 Å². The van der Waals surface area contributed by atoms with Gasteiger partial charge in [-0.05, 0) is 12.0 Å². The molecule has 8 nitrogen and oxygen atoms in total. The number of halogens is 6. The maximum Gasteiger partial charge on any atom is 0.511 e. The Bertz CT molecular complexity index is 779. The standard InChI is InChI=1S/C10H13F3N4O3S.C4H5F3O/c1-2-14-9(18)8-3-5-17(15-7-8)6-4-16-21(19,20)10(11,12)13;1-3(8-2)4(5,6)7/h3,5,7,16H,2,4,6H2,1H3;1H2,2H3/p+1. The molecule has 0 bridgehead atoms. The third-order valence-electron chi connectivity index (χ3n) is 2.87. The van der Waals surface area contributed by atoms with Crippen molar-refractivity contribution in [1.29, 1.82) is 0 Å². The molecule has 0 aliphatic heterocycles. The number of hydrogen-bond acceptors (Lipinski definition) is 5. The summed E-state index contributed by atoms with van der Waals surface area (Å²) in [5.74, 6) is -1.49. The molecule has 0 unspecified atom stereocenters. The number of sulfonamides is 1. The predicted molar refractivity (Wildman–Crippen MR) is 87.6 cm³/mol. The normalized spacial score (nSPS) is 11.9. The first-order valence-corrected chi connectivity index (χ1v) is 9.14. The van der Waals surface area contributed by atoms with Crippen LogP contribution in [0.25, 0.3) is 0 Å². The molecule has 0 saturated carbocycles. The van der Waals surface area contributed by atoms with Crippen LogP contribution in [0.5, 0.6) is 0 Å². The summed E-state index contributed by atoms with van der Waals surface area (Å²) < 4.78 is 97.7. The molecule has 0 radical (unpaired) electrons. The molecule has 0 saturated heterocycles. The Morgan fingerprint density at radius 1 is 1.28 bits per heavy atom. The van der Waals surface area contributed by atoms with E-state index in [1.54, 1.807) is 6.92 Å². The first-order valence-electron chi connectivity index (χ1n) is 7.65. The number of carbonyl (C=O) groups is 1. The fourth-order valence-electron chi connectivity index (χ4n) is 1.41. The van der Waals surface area contributed by atoms with Crippen molar-refractivity contribution in [1.82, 2.24) is 15.1 Å². The molecule has 0 spiro atoms. The van der Waals surface area contributed by atoms with Crippen molar-refractivity contribution in [3.63, 3.8) is 0 Å². The second kappa shape index (κ2) is 10.9. The lowest BCUT2D eigenvalue weighted by molar-refractivity contribution is -0.752. The van der Waals surface area contributed by atoms with E-state index in [9.17, 15) is 39.6 Å². The summed E-state index contributed by atoms with van der Waals surface area (Å²) in [6, 6.07) is 1.43. The molecule has 0 aliphatic carbocycles. The van der Waals surface area contributed by atoms with Crippen LogP contribution >= 0.6 is 0 Å². The highest BCUT2D eigenvalue weighted by Crippen LogP contribution is 2.23. The zero-order valence-corrected chi connectivity index (χ0v) is 16.1. The summed E-state index contributed by atoms with van der Waals surface area (Å²) in [5.41, 5.74) is -5.04. The number of carbonyl (C=O) groups excluding carboxylic acids is 1. The maximum atomic E-state index is 12.1. The average molecular weight is 453 g/mol. The van der Waals surface area contributed by atoms with Crippen LogP contribution in [0.3, 0.4) is 0 Å². The molecule has 0 fully saturated rings. The average Bonchev–Trinajstić information content (AvgIpc) is 2.60. The highest BCUT2D eigenvalue weighted by molar-refractivity contribution is 7.90. The van der Waals surface area contributed by atoms with E-state index >= 15 is 0 Å². The molecule has 1 rings (SSSR count). The van der Waals surface area contributed by atoms with E-state index in [0.717, 1.165) is 7.11 Å². The molecule has 0 aliphatic rings. The molecule has 1 amide bonds. The molecule has 1 aromatic rings. The van der Waals surface area contributed by atoms with Crippen molar-refractivity contribution in [3.05, 3.63) is 36.4 Å². The number of allylic oxidation sites excluding steroid dienone is 1. The van der Waals surface area contributed by atoms with Gasteiger partial charge in [0.15, 0.2) is 18.5 Å². The first-order chi connectivity index (χ1) is 13.2. The number of hydrogen-bond donors (Lipinski definition) is 2. The smallest absolute Gasteiger partial charge is 0.493 e. The fourth-order valence-corrected chi connectivity index (χ4v) is 1.93. The Balaban J connectivity index is 0.000000828. The number of amides is 1. The Morgan fingerprint density at radius 2 is 1.86 bits per heavy atom. The van der Waals surface area contributed by atoms with Crippen LogP contribution < -0.4 is 14.7 Å². The molecule has 0 aromatic carbocycles. The van der Waals surface area contributed by atoms with Gasteiger partial charge in [-0.3, -0.25) is 4.79 Å². The minimum absolute atomic E-state index is 0.106. The Hall–Kier alpha value is -2.42. The predicted octanol–water partition coefficient (Wildman–Crippen LogP) is 1.27. The van der Waals surface area contributed by atoms with Gasteiger partial charge in [0.05, 0.1) is 19.2 Å². The molecule has 166 valence electrons. The molecule has 2 N–H and O–H groups in total. The number of nitrogens with zero attached hydrogens (tertiary/aromatic N) is 2. The Morgan fingerprint density at radius 3 is 2.21 bits per heavy atom. The summed E-state index contributed by atoms with van der Waals surface area (Å²) in [5, 5.41) is 6.36. The second-order valence-electron chi connectivity index (χ2n) is 5.01. The highest BCUT2D eigenvalue weighted by atomic mass is 32.2. The third kappa shape index (κ3) is 9.56. The topological polar surface area (TPSA) is 101 Å². The van der Waals surface area contributed by atoms with E-state index in [2.05, 4.69) is 21.7 Å². The number of rotatable bonds is 7. The van der Waals surface area contributed by atoms with Crippen molar-refractivity contribution in [3.8, 4) is 0 Å². The lowest BCUT2D eigenvalue weighted by atomic mass is 10.3. The summed E-state index contributed by atoms with van der Waals surface area (Å²) in [4.78, 5) is 11.4. The van der Waals surface area contributed by atoms with Gasteiger partial charge in [0.25, 0.3) is 5.91 Å². The minimum atomic E-state index is -5.35. The van der Waals surface area contributed by atoms with Crippen LogP contribution in [0.15, 0.2) is 30.8 Å². The molecule has 0 atom stereocenters. The van der Waals surface area contributed by atoms with Crippen LogP contribution in [-0.2, 0) is 21.3 Å². The zero-order valence-electron chi connectivity index (χ0n) is 15.3. The molecule has 1 heterocycles.